The zero-order valence-electron chi connectivity index (χ0n) is 43.4. The molecule has 364 valence electrons. The summed E-state index contributed by atoms with van der Waals surface area (Å²) < 4.78 is 0. The third kappa shape index (κ3) is 15.4. The Labute approximate surface area is 407 Å². The standard InChI is InChI=1S/2C10H15N3.C10H14N2.C9H12N2.C8H12N2.C7H10N2/c2*1-7-6-8(2)12-10-9(7)13(3)5-4-11-10;1-7-6-8(2)12-10-9(7)4-3-5-11-10;1-7-4-5-8-3-2-6-10-9(8)11-7;1-6-4-7(2)10-8(5-6)9-3;1-6-3-4-9-7(5-6)8-2/h2*6H,4-5H2,1-3H3,(H,11,12);6H,3-5H2,1-2H3,(H,11,12);4-5H,2-3,6H2,1H3,(H,10,11);4-5H,1-3H3,(H,9,10);3-5H,1-2H3,(H,8,9). The predicted molar refractivity (Wildman–Crippen MR) is 289 cm³/mol. The van der Waals surface area contributed by atoms with Crippen LogP contribution in [0.3, 0.4) is 0 Å². The van der Waals surface area contributed by atoms with Gasteiger partial charge in [0, 0.05) is 102 Å². The summed E-state index contributed by atoms with van der Waals surface area (Å²) in [5, 5.41) is 19.2. The molecule has 0 saturated heterocycles. The van der Waals surface area contributed by atoms with Crippen LogP contribution < -0.4 is 41.7 Å². The second-order valence-corrected chi connectivity index (χ2v) is 18.1. The van der Waals surface area contributed by atoms with Crippen LogP contribution in [0.1, 0.15) is 80.3 Å². The van der Waals surface area contributed by atoms with Gasteiger partial charge in [0.2, 0.25) is 0 Å². The molecule has 0 fully saturated rings. The lowest BCUT2D eigenvalue weighted by molar-refractivity contribution is 0.808. The number of nitrogens with one attached hydrogen (secondary N) is 6. The average Bonchev–Trinajstić information content (AvgIpc) is 3.29. The molecule has 6 N–H and O–H groups in total. The van der Waals surface area contributed by atoms with E-state index < -0.39 is 0 Å². The Morgan fingerprint density at radius 1 is 0.456 bits per heavy atom. The molecule has 6 aromatic rings. The Bertz CT molecular complexity index is 2490. The van der Waals surface area contributed by atoms with Gasteiger partial charge in [-0.2, -0.15) is 0 Å². The maximum atomic E-state index is 4.47. The summed E-state index contributed by atoms with van der Waals surface area (Å²) >= 11 is 0. The molecule has 6 aromatic heterocycles. The number of pyridine rings is 6. The maximum absolute atomic E-state index is 4.47. The van der Waals surface area contributed by atoms with Gasteiger partial charge in [0.05, 0.1) is 11.4 Å². The van der Waals surface area contributed by atoms with Crippen molar-refractivity contribution >= 4 is 46.3 Å². The van der Waals surface area contributed by atoms with E-state index in [9.17, 15) is 0 Å². The van der Waals surface area contributed by atoms with Crippen LogP contribution in [0, 0.1) is 69.2 Å². The van der Waals surface area contributed by atoms with Crippen LogP contribution in [-0.4, -0.2) is 97.4 Å². The summed E-state index contributed by atoms with van der Waals surface area (Å²) in [6.45, 7) is 26.9. The van der Waals surface area contributed by atoms with Gasteiger partial charge >= 0.3 is 0 Å². The quantitative estimate of drug-likeness (QED) is 0.0976. The van der Waals surface area contributed by atoms with Crippen LogP contribution in [0.5, 0.6) is 0 Å². The van der Waals surface area contributed by atoms with Gasteiger partial charge in [-0.25, -0.2) is 29.9 Å². The third-order valence-electron chi connectivity index (χ3n) is 11.8. The number of anilines is 8. The summed E-state index contributed by atoms with van der Waals surface area (Å²) in [6.07, 6.45) is 6.62. The smallest absolute Gasteiger partial charge is 0.150 e. The van der Waals surface area contributed by atoms with E-state index in [1.165, 1.54) is 76.0 Å². The number of nitrogens with zero attached hydrogens (tertiary/aromatic N) is 8. The van der Waals surface area contributed by atoms with Crippen molar-refractivity contribution in [2.24, 2.45) is 0 Å². The van der Waals surface area contributed by atoms with E-state index in [1.807, 2.05) is 73.8 Å². The molecule has 4 aliphatic rings. The molecular formula is C54H78N14. The van der Waals surface area contributed by atoms with Gasteiger partial charge in [0.15, 0.2) is 0 Å². The second-order valence-electron chi connectivity index (χ2n) is 18.1. The van der Waals surface area contributed by atoms with Gasteiger partial charge in [-0.15, -0.1) is 0 Å². The molecule has 4 aliphatic heterocycles. The van der Waals surface area contributed by atoms with E-state index in [2.05, 4.69) is 150 Å². The molecule has 14 nitrogen and oxygen atoms in total. The third-order valence-corrected chi connectivity index (χ3v) is 11.8. The number of fused-ring (bicyclic) bond motifs is 4. The van der Waals surface area contributed by atoms with Crippen molar-refractivity contribution in [3.05, 3.63) is 128 Å². The van der Waals surface area contributed by atoms with Crippen molar-refractivity contribution in [3.8, 4) is 0 Å². The van der Waals surface area contributed by atoms with Gasteiger partial charge in [-0.1, -0.05) is 6.07 Å². The molecule has 0 unspecified atom stereocenters. The number of hydrogen-bond acceptors (Lipinski definition) is 14. The summed E-state index contributed by atoms with van der Waals surface area (Å²) in [7, 11) is 7.97. The van der Waals surface area contributed by atoms with Crippen molar-refractivity contribution in [3.63, 3.8) is 0 Å². The average molecular weight is 923 g/mol. The van der Waals surface area contributed by atoms with Gasteiger partial charge in [-0.05, 0) is 182 Å². The SMILES string of the molecule is CNc1cc(C)cc(C)n1.CNc1cc(C)ccn1.Cc1cc(C)c2c(n1)NCCC2.Cc1cc(C)c2c(n1)NCCN2C.Cc1cc(C)c2c(n1)NCCN2C.Cc1ccc2c(n1)NCCC2. The zero-order valence-corrected chi connectivity index (χ0v) is 43.4. The first kappa shape index (κ1) is 52.3. The number of aryl methyl sites for hydroxylation is 11. The Morgan fingerprint density at radius 2 is 0.941 bits per heavy atom. The summed E-state index contributed by atoms with van der Waals surface area (Å²) in [4.78, 5) is 30.6. The Kier molecular flexibility index (Phi) is 19.6. The number of rotatable bonds is 2. The molecule has 0 bridgehead atoms. The van der Waals surface area contributed by atoms with Crippen LogP contribution in [0.25, 0.3) is 0 Å². The lowest BCUT2D eigenvalue weighted by Crippen LogP contribution is -2.31. The highest BCUT2D eigenvalue weighted by atomic mass is 15.2. The molecular weight excluding hydrogens is 845 g/mol. The van der Waals surface area contributed by atoms with E-state index in [4.69, 9.17) is 0 Å². The summed E-state index contributed by atoms with van der Waals surface area (Å²) in [5.74, 6) is 6.14. The Morgan fingerprint density at radius 3 is 1.49 bits per heavy atom. The lowest BCUT2D eigenvalue weighted by atomic mass is 10.0. The highest BCUT2D eigenvalue weighted by Crippen LogP contribution is 2.31. The zero-order chi connectivity index (χ0) is 49.3. The minimum atomic E-state index is 0.926. The van der Waals surface area contributed by atoms with E-state index in [1.54, 1.807) is 6.20 Å². The molecule has 10 heterocycles. The van der Waals surface area contributed by atoms with E-state index >= 15 is 0 Å². The minimum Gasteiger partial charge on any atom is -0.373 e. The minimum absolute atomic E-state index is 0.926. The van der Waals surface area contributed by atoms with Crippen LogP contribution in [-0.2, 0) is 12.8 Å². The number of likely N-dealkylation sites (N-methyl/N-ethyl adjacent to an activating group) is 2. The molecule has 14 heteroatoms. The maximum Gasteiger partial charge on any atom is 0.150 e. The highest BCUT2D eigenvalue weighted by Gasteiger charge is 2.18. The first-order valence-corrected chi connectivity index (χ1v) is 24.1. The van der Waals surface area contributed by atoms with Crippen molar-refractivity contribution in [1.29, 1.82) is 0 Å². The molecule has 0 aromatic carbocycles. The molecule has 0 atom stereocenters. The fraction of sp³-hybridized carbons (Fsp3) is 0.444. The largest absolute Gasteiger partial charge is 0.373 e. The highest BCUT2D eigenvalue weighted by molar-refractivity contribution is 5.72. The molecule has 0 aliphatic carbocycles. The van der Waals surface area contributed by atoms with E-state index in [-0.39, 0.29) is 0 Å². The van der Waals surface area contributed by atoms with Crippen molar-refractivity contribution in [2.75, 3.05) is 109 Å². The fourth-order valence-corrected chi connectivity index (χ4v) is 8.64. The normalized spacial score (nSPS) is 13.6. The van der Waals surface area contributed by atoms with Gasteiger partial charge in [-0.3, -0.25) is 0 Å². The predicted octanol–water partition coefficient (Wildman–Crippen LogP) is 10.1. The van der Waals surface area contributed by atoms with E-state index in [0.717, 1.165) is 103 Å². The molecule has 68 heavy (non-hydrogen) atoms. The molecule has 10 rings (SSSR count). The topological polar surface area (TPSA) is 156 Å². The van der Waals surface area contributed by atoms with Crippen molar-refractivity contribution < 1.29 is 0 Å². The molecule has 0 amide bonds. The van der Waals surface area contributed by atoms with Gasteiger partial charge < -0.3 is 41.7 Å². The number of aromatic nitrogens is 6. The summed E-state index contributed by atoms with van der Waals surface area (Å²) in [5.41, 5.74) is 17.2. The van der Waals surface area contributed by atoms with Gasteiger partial charge in [0.25, 0.3) is 0 Å². The van der Waals surface area contributed by atoms with Crippen LogP contribution in [0.2, 0.25) is 0 Å². The van der Waals surface area contributed by atoms with E-state index in [0.29, 0.717) is 0 Å². The van der Waals surface area contributed by atoms with Crippen molar-refractivity contribution in [1.82, 2.24) is 29.9 Å². The molecule has 0 saturated carbocycles. The fourth-order valence-electron chi connectivity index (χ4n) is 8.64. The first-order chi connectivity index (χ1) is 32.5. The van der Waals surface area contributed by atoms with Crippen molar-refractivity contribution in [2.45, 2.75) is 94.9 Å². The monoisotopic (exact) mass is 923 g/mol. The number of hydrogen-bond donors (Lipinski definition) is 6. The lowest BCUT2D eigenvalue weighted by Gasteiger charge is -2.29. The van der Waals surface area contributed by atoms with Gasteiger partial charge in [0.1, 0.15) is 34.9 Å². The first-order valence-electron chi connectivity index (χ1n) is 24.1. The summed E-state index contributed by atoms with van der Waals surface area (Å²) in [6, 6.07) is 18.7. The van der Waals surface area contributed by atoms with Crippen LogP contribution in [0.4, 0.5) is 46.3 Å². The second kappa shape index (κ2) is 25.4. The molecule has 0 spiro atoms. The molecule has 0 radical (unpaired) electrons. The van der Waals surface area contributed by atoms with Crippen LogP contribution in [0.15, 0.2) is 60.8 Å². The Hall–Kier alpha value is -6.70. The van der Waals surface area contributed by atoms with Crippen LogP contribution >= 0.6 is 0 Å². The Balaban J connectivity index is 0.000000153.